The Labute approximate surface area is 114 Å². The molecule has 0 aromatic carbocycles. The van der Waals surface area contributed by atoms with Gasteiger partial charge in [-0.3, -0.25) is 0 Å². The molecule has 1 aromatic heterocycles. The van der Waals surface area contributed by atoms with Crippen molar-refractivity contribution in [2.45, 2.75) is 48.6 Å². The van der Waals surface area contributed by atoms with Gasteiger partial charge in [-0.05, 0) is 12.8 Å². The number of hydrogen-bond donors (Lipinski definition) is 1. The summed E-state index contributed by atoms with van der Waals surface area (Å²) in [6, 6.07) is 1.04. The third kappa shape index (κ3) is 3.99. The van der Waals surface area contributed by atoms with E-state index >= 15 is 0 Å². The normalized spacial score (nSPS) is 17.5. The van der Waals surface area contributed by atoms with Crippen LogP contribution >= 0.6 is 11.8 Å². The molecule has 1 aromatic rings. The summed E-state index contributed by atoms with van der Waals surface area (Å²) in [7, 11) is 1.52. The number of alkyl halides is 3. The zero-order chi connectivity index (χ0) is 13.9. The highest BCUT2D eigenvalue weighted by atomic mass is 32.2. The summed E-state index contributed by atoms with van der Waals surface area (Å²) in [5.41, 5.74) is -0.884. The molecular weight excluding hydrogens is 275 g/mol. The molecule has 3 nitrogen and oxygen atoms in total. The Kier molecular flexibility index (Phi) is 4.54. The molecule has 0 aliphatic heterocycles. The summed E-state index contributed by atoms with van der Waals surface area (Å²) in [5.74, 6) is 0.0214. The maximum atomic E-state index is 12.7. The van der Waals surface area contributed by atoms with Gasteiger partial charge in [0.05, 0.1) is 0 Å². The first-order valence-electron chi connectivity index (χ1n) is 6.30. The quantitative estimate of drug-likeness (QED) is 0.855. The first-order chi connectivity index (χ1) is 8.99. The van der Waals surface area contributed by atoms with Crippen LogP contribution in [0.3, 0.4) is 0 Å². The van der Waals surface area contributed by atoms with Crippen molar-refractivity contribution >= 4 is 17.7 Å². The first kappa shape index (κ1) is 14.4. The zero-order valence-corrected chi connectivity index (χ0v) is 11.4. The lowest BCUT2D eigenvalue weighted by Gasteiger charge is -2.20. The summed E-state index contributed by atoms with van der Waals surface area (Å²) < 4.78 is 38.2. The van der Waals surface area contributed by atoms with Crippen LogP contribution in [0.4, 0.5) is 19.1 Å². The van der Waals surface area contributed by atoms with E-state index in [2.05, 4.69) is 15.3 Å². The SMILES string of the molecule is CNc1nc(SC2CCCCC2)cc(C(F)(F)F)n1. The van der Waals surface area contributed by atoms with E-state index in [9.17, 15) is 13.2 Å². The van der Waals surface area contributed by atoms with Gasteiger partial charge in [-0.15, -0.1) is 11.8 Å². The Balaban J connectivity index is 2.19. The molecule has 0 spiro atoms. The van der Waals surface area contributed by atoms with Gasteiger partial charge in [0.2, 0.25) is 5.95 Å². The molecule has 1 N–H and O–H groups in total. The molecule has 7 heteroatoms. The van der Waals surface area contributed by atoms with Crippen molar-refractivity contribution in [3.05, 3.63) is 11.8 Å². The summed E-state index contributed by atoms with van der Waals surface area (Å²) in [5, 5.41) is 3.35. The number of aromatic nitrogens is 2. The monoisotopic (exact) mass is 291 g/mol. The number of hydrogen-bond acceptors (Lipinski definition) is 4. The van der Waals surface area contributed by atoms with Crippen molar-refractivity contribution in [2.75, 3.05) is 12.4 Å². The summed E-state index contributed by atoms with van der Waals surface area (Å²) >= 11 is 1.43. The Hall–Kier alpha value is -0.980. The molecule has 1 saturated carbocycles. The van der Waals surface area contributed by atoms with Gasteiger partial charge in [0.15, 0.2) is 5.69 Å². The predicted octanol–water partition coefficient (Wildman–Crippen LogP) is 3.96. The number of nitrogens with one attached hydrogen (secondary N) is 1. The van der Waals surface area contributed by atoms with Gasteiger partial charge in [-0.2, -0.15) is 13.2 Å². The summed E-state index contributed by atoms with van der Waals surface area (Å²) in [6.45, 7) is 0. The molecule has 0 unspecified atom stereocenters. The molecule has 1 aliphatic carbocycles. The lowest BCUT2D eigenvalue weighted by molar-refractivity contribution is -0.141. The average molecular weight is 291 g/mol. The van der Waals surface area contributed by atoms with Crippen LogP contribution in [-0.4, -0.2) is 22.3 Å². The molecule has 19 heavy (non-hydrogen) atoms. The van der Waals surface area contributed by atoms with Gasteiger partial charge in [-0.25, -0.2) is 9.97 Å². The van der Waals surface area contributed by atoms with E-state index in [1.165, 1.54) is 25.2 Å². The van der Waals surface area contributed by atoms with Gasteiger partial charge in [0.25, 0.3) is 0 Å². The highest BCUT2D eigenvalue weighted by Crippen LogP contribution is 2.35. The van der Waals surface area contributed by atoms with Crippen molar-refractivity contribution in [3.8, 4) is 0 Å². The minimum Gasteiger partial charge on any atom is -0.357 e. The third-order valence-corrected chi connectivity index (χ3v) is 4.31. The molecule has 1 heterocycles. The van der Waals surface area contributed by atoms with Crippen molar-refractivity contribution in [1.82, 2.24) is 9.97 Å². The molecule has 1 fully saturated rings. The maximum Gasteiger partial charge on any atom is 0.433 e. The van der Waals surface area contributed by atoms with E-state index in [0.717, 1.165) is 31.7 Å². The molecule has 0 atom stereocenters. The van der Waals surface area contributed by atoms with E-state index < -0.39 is 11.9 Å². The summed E-state index contributed by atoms with van der Waals surface area (Å²) in [6.07, 6.45) is 1.17. The molecule has 0 saturated heterocycles. The molecule has 0 amide bonds. The largest absolute Gasteiger partial charge is 0.433 e. The fraction of sp³-hybridized carbons (Fsp3) is 0.667. The number of thioether (sulfide) groups is 1. The van der Waals surface area contributed by atoms with Crippen molar-refractivity contribution in [2.24, 2.45) is 0 Å². The van der Waals surface area contributed by atoms with Crippen molar-refractivity contribution < 1.29 is 13.2 Å². The summed E-state index contributed by atoms with van der Waals surface area (Å²) in [4.78, 5) is 7.56. The lowest BCUT2D eigenvalue weighted by Crippen LogP contribution is -2.13. The number of rotatable bonds is 3. The highest BCUT2D eigenvalue weighted by Gasteiger charge is 2.34. The minimum atomic E-state index is -4.43. The average Bonchev–Trinajstić information content (AvgIpc) is 2.38. The third-order valence-electron chi connectivity index (χ3n) is 3.06. The van der Waals surface area contributed by atoms with Crippen LogP contribution in [0.1, 0.15) is 37.8 Å². The van der Waals surface area contributed by atoms with Crippen LogP contribution in [0, 0.1) is 0 Å². The molecule has 1 aliphatic rings. The van der Waals surface area contributed by atoms with Crippen LogP contribution in [0.2, 0.25) is 0 Å². The van der Waals surface area contributed by atoms with E-state index in [1.54, 1.807) is 0 Å². The standard InChI is InChI=1S/C12H16F3N3S/c1-16-11-17-9(12(13,14)15)7-10(18-11)19-8-5-3-2-4-6-8/h7-8H,2-6H2,1H3,(H,16,17,18). The fourth-order valence-corrected chi connectivity index (χ4v) is 3.33. The van der Waals surface area contributed by atoms with Gasteiger partial charge >= 0.3 is 6.18 Å². The Bertz CT molecular complexity index is 431. The van der Waals surface area contributed by atoms with Gasteiger partial charge in [0.1, 0.15) is 5.03 Å². The molecule has 0 radical (unpaired) electrons. The second kappa shape index (κ2) is 5.98. The first-order valence-corrected chi connectivity index (χ1v) is 7.17. The molecule has 0 bridgehead atoms. The van der Waals surface area contributed by atoms with Crippen LogP contribution < -0.4 is 5.32 Å². The van der Waals surface area contributed by atoms with Crippen molar-refractivity contribution in [1.29, 1.82) is 0 Å². The molecule has 2 rings (SSSR count). The van der Waals surface area contributed by atoms with Crippen LogP contribution in [-0.2, 0) is 6.18 Å². The topological polar surface area (TPSA) is 37.8 Å². The minimum absolute atomic E-state index is 0.0214. The number of nitrogens with zero attached hydrogens (tertiary/aromatic N) is 2. The Morgan fingerprint density at radius 1 is 1.21 bits per heavy atom. The van der Waals surface area contributed by atoms with Gasteiger partial charge in [0, 0.05) is 18.4 Å². The van der Waals surface area contributed by atoms with Crippen LogP contribution in [0.25, 0.3) is 0 Å². The van der Waals surface area contributed by atoms with E-state index in [4.69, 9.17) is 0 Å². The molecule has 106 valence electrons. The number of anilines is 1. The Morgan fingerprint density at radius 3 is 2.47 bits per heavy atom. The fourth-order valence-electron chi connectivity index (χ4n) is 2.10. The van der Waals surface area contributed by atoms with Crippen molar-refractivity contribution in [3.63, 3.8) is 0 Å². The Morgan fingerprint density at radius 2 is 1.89 bits per heavy atom. The zero-order valence-electron chi connectivity index (χ0n) is 10.6. The van der Waals surface area contributed by atoms with Crippen LogP contribution in [0.5, 0.6) is 0 Å². The van der Waals surface area contributed by atoms with E-state index in [1.807, 2.05) is 0 Å². The second-order valence-corrected chi connectivity index (χ2v) is 5.86. The van der Waals surface area contributed by atoms with Gasteiger partial charge < -0.3 is 5.32 Å². The van der Waals surface area contributed by atoms with Crippen LogP contribution in [0.15, 0.2) is 11.1 Å². The second-order valence-electron chi connectivity index (χ2n) is 4.54. The smallest absolute Gasteiger partial charge is 0.357 e. The lowest BCUT2D eigenvalue weighted by atomic mass is 10.0. The molecular formula is C12H16F3N3S. The predicted molar refractivity (Wildman–Crippen MR) is 69.3 cm³/mol. The van der Waals surface area contributed by atoms with E-state index in [-0.39, 0.29) is 5.95 Å². The van der Waals surface area contributed by atoms with Gasteiger partial charge in [-0.1, -0.05) is 19.3 Å². The number of halogens is 3. The maximum absolute atomic E-state index is 12.7. The van der Waals surface area contributed by atoms with E-state index in [0.29, 0.717) is 10.3 Å². The highest BCUT2D eigenvalue weighted by molar-refractivity contribution is 7.99.